The van der Waals surface area contributed by atoms with Crippen LogP contribution in [-0.2, 0) is 0 Å². The summed E-state index contributed by atoms with van der Waals surface area (Å²) in [6.07, 6.45) is 6.99. The molecular formula is C16H21N. The van der Waals surface area contributed by atoms with Gasteiger partial charge in [-0.3, -0.25) is 0 Å². The molecule has 17 heavy (non-hydrogen) atoms. The second-order valence-corrected chi connectivity index (χ2v) is 4.70. The van der Waals surface area contributed by atoms with Gasteiger partial charge in [-0.2, -0.15) is 0 Å². The molecule has 0 aromatic carbocycles. The van der Waals surface area contributed by atoms with Gasteiger partial charge in [-0.15, -0.1) is 5.73 Å². The third kappa shape index (κ3) is 3.65. The Kier molecular flexibility index (Phi) is 4.37. The van der Waals surface area contributed by atoms with E-state index in [-0.39, 0.29) is 5.92 Å². The van der Waals surface area contributed by atoms with Crippen LogP contribution < -0.4 is 5.73 Å². The van der Waals surface area contributed by atoms with E-state index in [1.165, 1.54) is 11.1 Å². The van der Waals surface area contributed by atoms with Crippen molar-refractivity contribution in [3.63, 3.8) is 0 Å². The summed E-state index contributed by atoms with van der Waals surface area (Å²) in [5.74, 6) is 0.232. The molecule has 0 aromatic rings. The highest BCUT2D eigenvalue weighted by Crippen LogP contribution is 2.29. The molecule has 1 rings (SSSR count). The number of hydrogen-bond acceptors (Lipinski definition) is 1. The van der Waals surface area contributed by atoms with Gasteiger partial charge in [0.2, 0.25) is 0 Å². The van der Waals surface area contributed by atoms with E-state index >= 15 is 0 Å². The summed E-state index contributed by atoms with van der Waals surface area (Å²) >= 11 is 0. The fourth-order valence-electron chi connectivity index (χ4n) is 1.89. The van der Waals surface area contributed by atoms with E-state index in [0.717, 1.165) is 17.6 Å². The summed E-state index contributed by atoms with van der Waals surface area (Å²) in [5.41, 5.74) is 14.4. The second kappa shape index (κ2) is 5.56. The standard InChI is InChI=1S/C16H21N/c1-11(2)16(10-14(5)17)15-9-7-12(3)6-8-13(15)4/h6,8-9,16H,1,5,10,17H2,2-4H3. The molecule has 1 aliphatic rings. The smallest absolute Gasteiger partial charge is 0.0106 e. The van der Waals surface area contributed by atoms with Crippen LogP contribution in [0.4, 0.5) is 0 Å². The minimum Gasteiger partial charge on any atom is -0.402 e. The lowest BCUT2D eigenvalue weighted by molar-refractivity contribution is 0.710. The highest BCUT2D eigenvalue weighted by Gasteiger charge is 2.16. The Morgan fingerprint density at radius 1 is 1.35 bits per heavy atom. The lowest BCUT2D eigenvalue weighted by Crippen LogP contribution is -2.10. The van der Waals surface area contributed by atoms with E-state index in [0.29, 0.717) is 5.70 Å². The minimum absolute atomic E-state index is 0.232. The predicted octanol–water partition coefficient (Wildman–Crippen LogP) is 4.03. The van der Waals surface area contributed by atoms with E-state index in [1.807, 2.05) is 19.9 Å². The highest BCUT2D eigenvalue weighted by molar-refractivity contribution is 5.42. The fraction of sp³-hybridized carbons (Fsp3) is 0.312. The van der Waals surface area contributed by atoms with Gasteiger partial charge < -0.3 is 5.73 Å². The van der Waals surface area contributed by atoms with Crippen molar-refractivity contribution in [3.05, 3.63) is 65.1 Å². The van der Waals surface area contributed by atoms with Crippen molar-refractivity contribution in [1.29, 1.82) is 0 Å². The first-order valence-corrected chi connectivity index (χ1v) is 5.82. The molecule has 1 heteroatoms. The lowest BCUT2D eigenvalue weighted by atomic mass is 9.86. The topological polar surface area (TPSA) is 26.0 Å². The van der Waals surface area contributed by atoms with Crippen LogP contribution in [0, 0.1) is 5.92 Å². The first-order valence-electron chi connectivity index (χ1n) is 5.82. The van der Waals surface area contributed by atoms with Gasteiger partial charge in [0.1, 0.15) is 0 Å². The van der Waals surface area contributed by atoms with Crippen molar-refractivity contribution in [1.82, 2.24) is 0 Å². The summed E-state index contributed by atoms with van der Waals surface area (Å²) in [7, 11) is 0. The van der Waals surface area contributed by atoms with Crippen molar-refractivity contribution in [3.8, 4) is 0 Å². The Balaban J connectivity index is 3.18. The summed E-state index contributed by atoms with van der Waals surface area (Å²) in [6, 6.07) is 0. The molecule has 90 valence electrons. The summed E-state index contributed by atoms with van der Waals surface area (Å²) in [5, 5.41) is 0. The molecule has 0 saturated heterocycles. The Bertz CT molecular complexity index is 466. The predicted molar refractivity (Wildman–Crippen MR) is 75.4 cm³/mol. The summed E-state index contributed by atoms with van der Waals surface area (Å²) < 4.78 is 0. The minimum atomic E-state index is 0.232. The van der Waals surface area contributed by atoms with Crippen molar-refractivity contribution in [2.75, 3.05) is 0 Å². The first kappa shape index (κ1) is 13.3. The van der Waals surface area contributed by atoms with Crippen molar-refractivity contribution in [2.24, 2.45) is 11.7 Å². The number of rotatable bonds is 4. The normalized spacial score (nSPS) is 16.5. The van der Waals surface area contributed by atoms with Gasteiger partial charge in [0.25, 0.3) is 0 Å². The van der Waals surface area contributed by atoms with Crippen LogP contribution in [-0.4, -0.2) is 0 Å². The zero-order valence-electron chi connectivity index (χ0n) is 11.0. The Morgan fingerprint density at radius 2 is 2.00 bits per heavy atom. The third-order valence-corrected chi connectivity index (χ3v) is 2.93. The van der Waals surface area contributed by atoms with Crippen LogP contribution in [0.3, 0.4) is 0 Å². The summed E-state index contributed by atoms with van der Waals surface area (Å²) in [4.78, 5) is 0. The molecule has 0 aromatic heterocycles. The van der Waals surface area contributed by atoms with E-state index in [4.69, 9.17) is 5.73 Å². The molecule has 2 N–H and O–H groups in total. The van der Waals surface area contributed by atoms with Crippen molar-refractivity contribution >= 4 is 0 Å². The van der Waals surface area contributed by atoms with E-state index in [2.05, 4.69) is 38.0 Å². The molecule has 0 fully saturated rings. The van der Waals surface area contributed by atoms with Gasteiger partial charge in [-0.1, -0.05) is 30.9 Å². The molecule has 0 heterocycles. The largest absolute Gasteiger partial charge is 0.402 e. The van der Waals surface area contributed by atoms with Gasteiger partial charge >= 0.3 is 0 Å². The molecular weight excluding hydrogens is 206 g/mol. The number of allylic oxidation sites excluding steroid dienone is 7. The maximum Gasteiger partial charge on any atom is 0.0106 e. The SMILES string of the molecule is C=C(N)CC(C(=C)C)C1=C(C)C=CC(C)=C=C1. The molecule has 0 radical (unpaired) electrons. The van der Waals surface area contributed by atoms with Crippen LogP contribution in [0.2, 0.25) is 0 Å². The van der Waals surface area contributed by atoms with E-state index in [1.54, 1.807) is 0 Å². The number of hydrogen-bond donors (Lipinski definition) is 1. The van der Waals surface area contributed by atoms with Gasteiger partial charge in [0.15, 0.2) is 0 Å². The maximum absolute atomic E-state index is 5.73. The monoisotopic (exact) mass is 227 g/mol. The Morgan fingerprint density at radius 3 is 2.53 bits per heavy atom. The van der Waals surface area contributed by atoms with Crippen LogP contribution in [0.15, 0.2) is 65.1 Å². The molecule has 0 spiro atoms. The van der Waals surface area contributed by atoms with Crippen LogP contribution in [0.1, 0.15) is 27.2 Å². The molecule has 0 saturated carbocycles. The molecule has 0 bridgehead atoms. The van der Waals surface area contributed by atoms with Gasteiger partial charge in [-0.25, -0.2) is 0 Å². The Labute approximate surface area is 104 Å². The maximum atomic E-state index is 5.73. The van der Waals surface area contributed by atoms with Gasteiger partial charge in [0.05, 0.1) is 0 Å². The van der Waals surface area contributed by atoms with Crippen molar-refractivity contribution < 1.29 is 0 Å². The zero-order valence-corrected chi connectivity index (χ0v) is 11.0. The molecule has 1 nitrogen and oxygen atoms in total. The van der Waals surface area contributed by atoms with E-state index in [9.17, 15) is 0 Å². The lowest BCUT2D eigenvalue weighted by Gasteiger charge is -2.19. The quantitative estimate of drug-likeness (QED) is 0.569. The third-order valence-electron chi connectivity index (χ3n) is 2.93. The van der Waals surface area contributed by atoms with Crippen LogP contribution in [0.5, 0.6) is 0 Å². The average molecular weight is 227 g/mol. The first-order chi connectivity index (χ1) is 7.91. The second-order valence-electron chi connectivity index (χ2n) is 4.70. The summed E-state index contributed by atoms with van der Waals surface area (Å²) in [6.45, 7) is 14.0. The van der Waals surface area contributed by atoms with Crippen molar-refractivity contribution in [2.45, 2.75) is 27.2 Å². The Hall–Kier alpha value is -1.72. The molecule has 0 amide bonds. The molecule has 0 aliphatic heterocycles. The van der Waals surface area contributed by atoms with Crippen LogP contribution in [0.25, 0.3) is 0 Å². The molecule has 1 aliphatic carbocycles. The molecule has 1 atom stereocenters. The number of nitrogens with two attached hydrogens (primary N) is 1. The highest BCUT2D eigenvalue weighted by atomic mass is 14.6. The fourth-order valence-corrected chi connectivity index (χ4v) is 1.89. The van der Waals surface area contributed by atoms with Crippen LogP contribution >= 0.6 is 0 Å². The average Bonchev–Trinajstić information content (AvgIpc) is 2.38. The zero-order chi connectivity index (χ0) is 13.0. The van der Waals surface area contributed by atoms with Gasteiger partial charge in [0, 0.05) is 11.6 Å². The van der Waals surface area contributed by atoms with E-state index < -0.39 is 0 Å². The molecule has 1 unspecified atom stereocenters. The van der Waals surface area contributed by atoms with Gasteiger partial charge in [-0.05, 0) is 50.0 Å².